The Balaban J connectivity index is 1.64. The van der Waals surface area contributed by atoms with Gasteiger partial charge in [-0.3, -0.25) is 4.79 Å². The van der Waals surface area contributed by atoms with Crippen molar-refractivity contribution in [1.29, 1.82) is 0 Å². The summed E-state index contributed by atoms with van der Waals surface area (Å²) in [5.74, 6) is 0.910. The number of amides is 1. The number of nitrogens with one attached hydrogen (secondary N) is 1. The number of para-hydroxylation sites is 1. The van der Waals surface area contributed by atoms with E-state index in [0.717, 1.165) is 11.1 Å². The zero-order valence-electron chi connectivity index (χ0n) is 15.7. The van der Waals surface area contributed by atoms with Crippen LogP contribution in [-0.4, -0.2) is 13.0 Å². The minimum Gasteiger partial charge on any atom is -0.493 e. The van der Waals surface area contributed by atoms with E-state index in [0.29, 0.717) is 33.8 Å². The highest BCUT2D eigenvalue weighted by molar-refractivity contribution is 6.33. The third kappa shape index (κ3) is 6.01. The van der Waals surface area contributed by atoms with E-state index in [1.54, 1.807) is 49.6 Å². The summed E-state index contributed by atoms with van der Waals surface area (Å²) in [7, 11) is 1.57. The number of benzene rings is 3. The van der Waals surface area contributed by atoms with Gasteiger partial charge in [0.15, 0.2) is 11.5 Å². The quantitative estimate of drug-likeness (QED) is 0.454. The topological polar surface area (TPSA) is 47.6 Å². The van der Waals surface area contributed by atoms with Gasteiger partial charge in [-0.05, 0) is 53.6 Å². The largest absolute Gasteiger partial charge is 0.493 e. The Morgan fingerprint density at radius 3 is 2.48 bits per heavy atom. The van der Waals surface area contributed by atoms with E-state index >= 15 is 0 Å². The molecule has 0 heterocycles. The molecule has 0 radical (unpaired) electrons. The molecular formula is C23H19Cl2NO3. The van der Waals surface area contributed by atoms with Crippen LogP contribution in [0.4, 0.5) is 5.69 Å². The van der Waals surface area contributed by atoms with Crippen molar-refractivity contribution in [1.82, 2.24) is 0 Å². The molecule has 3 aromatic rings. The van der Waals surface area contributed by atoms with E-state index in [-0.39, 0.29) is 5.91 Å². The maximum atomic E-state index is 12.1. The van der Waals surface area contributed by atoms with Crippen LogP contribution < -0.4 is 14.8 Å². The van der Waals surface area contributed by atoms with Crippen LogP contribution in [0.15, 0.2) is 72.8 Å². The lowest BCUT2D eigenvalue weighted by molar-refractivity contribution is -0.111. The number of methoxy groups -OCH3 is 1. The fourth-order valence-electron chi connectivity index (χ4n) is 2.56. The summed E-state index contributed by atoms with van der Waals surface area (Å²) in [6, 6.07) is 20.0. The summed E-state index contributed by atoms with van der Waals surface area (Å²) in [6.45, 7) is 0.392. The maximum Gasteiger partial charge on any atom is 0.248 e. The molecule has 4 nitrogen and oxygen atoms in total. The molecule has 0 atom stereocenters. The third-order valence-corrected chi connectivity index (χ3v) is 4.64. The standard InChI is InChI=1S/C23H19Cl2NO3/c1-28-22-14-16(9-13-23(27)26-20-5-3-2-4-19(20)25)8-12-21(22)29-15-17-6-10-18(24)11-7-17/h2-14H,15H2,1H3,(H,26,27)/b13-9+. The molecule has 0 aliphatic carbocycles. The van der Waals surface area contributed by atoms with E-state index in [4.69, 9.17) is 32.7 Å². The van der Waals surface area contributed by atoms with Crippen molar-refractivity contribution < 1.29 is 14.3 Å². The van der Waals surface area contributed by atoms with Gasteiger partial charge < -0.3 is 14.8 Å². The van der Waals surface area contributed by atoms with Crippen molar-refractivity contribution in [3.63, 3.8) is 0 Å². The monoisotopic (exact) mass is 427 g/mol. The van der Waals surface area contributed by atoms with Gasteiger partial charge in [0.2, 0.25) is 5.91 Å². The minimum atomic E-state index is -0.278. The minimum absolute atomic E-state index is 0.278. The summed E-state index contributed by atoms with van der Waals surface area (Å²) in [6.07, 6.45) is 3.13. The summed E-state index contributed by atoms with van der Waals surface area (Å²) in [4.78, 5) is 12.1. The first-order chi connectivity index (χ1) is 14.0. The van der Waals surface area contributed by atoms with E-state index in [1.807, 2.05) is 30.3 Å². The Hall–Kier alpha value is -2.95. The van der Waals surface area contributed by atoms with Crippen molar-refractivity contribution >= 4 is 40.9 Å². The molecule has 0 unspecified atom stereocenters. The molecule has 29 heavy (non-hydrogen) atoms. The van der Waals surface area contributed by atoms with Crippen LogP contribution in [-0.2, 0) is 11.4 Å². The Bertz CT molecular complexity index is 1020. The van der Waals surface area contributed by atoms with E-state index in [9.17, 15) is 4.79 Å². The number of anilines is 1. The highest BCUT2D eigenvalue weighted by atomic mass is 35.5. The SMILES string of the molecule is COc1cc(/C=C/C(=O)Nc2ccccc2Cl)ccc1OCc1ccc(Cl)cc1. The van der Waals surface area contributed by atoms with Crippen LogP contribution in [0.3, 0.4) is 0 Å². The van der Waals surface area contributed by atoms with Gasteiger partial charge in [0.1, 0.15) is 6.61 Å². The molecule has 148 valence electrons. The highest BCUT2D eigenvalue weighted by Gasteiger charge is 2.06. The molecule has 0 spiro atoms. The van der Waals surface area contributed by atoms with Gasteiger partial charge >= 0.3 is 0 Å². The average Bonchev–Trinajstić information content (AvgIpc) is 2.74. The molecule has 0 aliphatic heterocycles. The first-order valence-corrected chi connectivity index (χ1v) is 9.59. The lowest BCUT2D eigenvalue weighted by Gasteiger charge is -2.11. The number of hydrogen-bond donors (Lipinski definition) is 1. The maximum absolute atomic E-state index is 12.1. The first kappa shape index (κ1) is 20.8. The summed E-state index contributed by atoms with van der Waals surface area (Å²) < 4.78 is 11.3. The van der Waals surface area contributed by atoms with Crippen LogP contribution in [0.5, 0.6) is 11.5 Å². The number of hydrogen-bond acceptors (Lipinski definition) is 3. The van der Waals surface area contributed by atoms with Crippen molar-refractivity contribution in [2.75, 3.05) is 12.4 Å². The van der Waals surface area contributed by atoms with Gasteiger partial charge in [-0.15, -0.1) is 0 Å². The number of ether oxygens (including phenoxy) is 2. The van der Waals surface area contributed by atoms with Crippen LogP contribution in [0.2, 0.25) is 10.0 Å². The zero-order chi connectivity index (χ0) is 20.6. The molecule has 6 heteroatoms. The second-order valence-corrected chi connectivity index (χ2v) is 6.97. The van der Waals surface area contributed by atoms with Crippen LogP contribution in [0.25, 0.3) is 6.08 Å². The molecule has 3 rings (SSSR count). The second-order valence-electron chi connectivity index (χ2n) is 6.13. The van der Waals surface area contributed by atoms with E-state index in [2.05, 4.69) is 5.32 Å². The second kappa shape index (κ2) is 10.0. The number of rotatable bonds is 7. The number of halogens is 2. The first-order valence-electron chi connectivity index (χ1n) is 8.84. The Labute approximate surface area is 179 Å². The molecule has 0 aliphatic rings. The van der Waals surface area contributed by atoms with Crippen LogP contribution in [0.1, 0.15) is 11.1 Å². The molecular weight excluding hydrogens is 409 g/mol. The molecule has 0 aromatic heterocycles. The summed E-state index contributed by atoms with van der Waals surface area (Å²) in [5, 5.41) is 3.91. The lowest BCUT2D eigenvalue weighted by atomic mass is 10.2. The normalized spacial score (nSPS) is 10.7. The number of carbonyl (C=O) groups excluding carboxylic acids is 1. The Morgan fingerprint density at radius 2 is 1.76 bits per heavy atom. The van der Waals surface area contributed by atoms with Gasteiger partial charge in [-0.1, -0.05) is 53.5 Å². The van der Waals surface area contributed by atoms with Crippen molar-refractivity contribution in [2.45, 2.75) is 6.61 Å². The molecule has 0 saturated heterocycles. The average molecular weight is 428 g/mol. The van der Waals surface area contributed by atoms with Gasteiger partial charge in [0.05, 0.1) is 17.8 Å². The third-order valence-electron chi connectivity index (χ3n) is 4.05. The van der Waals surface area contributed by atoms with Gasteiger partial charge in [-0.2, -0.15) is 0 Å². The molecule has 0 saturated carbocycles. The molecule has 0 bridgehead atoms. The molecule has 1 amide bonds. The van der Waals surface area contributed by atoms with Crippen LogP contribution in [0, 0.1) is 0 Å². The fourth-order valence-corrected chi connectivity index (χ4v) is 2.87. The molecule has 1 N–H and O–H groups in total. The van der Waals surface area contributed by atoms with Gasteiger partial charge in [0, 0.05) is 11.1 Å². The lowest BCUT2D eigenvalue weighted by Crippen LogP contribution is -2.07. The van der Waals surface area contributed by atoms with Crippen molar-refractivity contribution in [2.24, 2.45) is 0 Å². The fraction of sp³-hybridized carbons (Fsp3) is 0.0870. The van der Waals surface area contributed by atoms with E-state index in [1.165, 1.54) is 6.08 Å². The van der Waals surface area contributed by atoms with Gasteiger partial charge in [0.25, 0.3) is 0 Å². The van der Waals surface area contributed by atoms with Crippen molar-refractivity contribution in [3.8, 4) is 11.5 Å². The summed E-state index contributed by atoms with van der Waals surface area (Å²) in [5.41, 5.74) is 2.36. The smallest absolute Gasteiger partial charge is 0.248 e. The van der Waals surface area contributed by atoms with E-state index < -0.39 is 0 Å². The predicted molar refractivity (Wildman–Crippen MR) is 118 cm³/mol. The number of carbonyl (C=O) groups is 1. The Kier molecular flexibility index (Phi) is 7.17. The van der Waals surface area contributed by atoms with Gasteiger partial charge in [-0.25, -0.2) is 0 Å². The van der Waals surface area contributed by atoms with Crippen molar-refractivity contribution in [3.05, 3.63) is 94.0 Å². The Morgan fingerprint density at radius 1 is 1.00 bits per heavy atom. The zero-order valence-corrected chi connectivity index (χ0v) is 17.2. The molecule has 0 fully saturated rings. The predicted octanol–water partition coefficient (Wildman–Crippen LogP) is 6.23. The molecule has 3 aromatic carbocycles. The summed E-state index contributed by atoms with van der Waals surface area (Å²) >= 11 is 11.9. The van der Waals surface area contributed by atoms with Crippen LogP contribution >= 0.6 is 23.2 Å². The highest BCUT2D eigenvalue weighted by Crippen LogP contribution is 2.29.